The molecule has 2 nitrogen and oxygen atoms in total. The molecule has 1 heterocycles. The van der Waals surface area contributed by atoms with Crippen molar-refractivity contribution in [3.8, 4) is 0 Å². The van der Waals surface area contributed by atoms with Crippen LogP contribution in [0.1, 0.15) is 37.0 Å². The van der Waals surface area contributed by atoms with Gasteiger partial charge in [-0.05, 0) is 37.5 Å². The molecule has 0 radical (unpaired) electrons. The maximum atomic E-state index is 13.8. The first kappa shape index (κ1) is 13.4. The Hall–Kier alpha value is -1.00. The van der Waals surface area contributed by atoms with Crippen molar-refractivity contribution in [2.45, 2.75) is 38.9 Å². The molecule has 1 N–H and O–H groups in total. The number of ether oxygens (including phenoxy) is 1. The van der Waals surface area contributed by atoms with Gasteiger partial charge in [0.15, 0.2) is 0 Å². The lowest BCUT2D eigenvalue weighted by atomic mass is 9.88. The minimum Gasteiger partial charge on any atom is -0.388 e. The highest BCUT2D eigenvalue weighted by molar-refractivity contribution is 5.27. The second-order valence-corrected chi connectivity index (χ2v) is 4.84. The van der Waals surface area contributed by atoms with E-state index < -0.39 is 17.7 Å². The molecule has 1 aromatic rings. The second-order valence-electron chi connectivity index (χ2n) is 4.84. The van der Waals surface area contributed by atoms with E-state index in [0.29, 0.717) is 13.0 Å². The van der Waals surface area contributed by atoms with E-state index in [4.69, 9.17) is 4.74 Å². The Kier molecular flexibility index (Phi) is 3.97. The quantitative estimate of drug-likeness (QED) is 0.900. The Morgan fingerprint density at radius 2 is 2.11 bits per heavy atom. The van der Waals surface area contributed by atoms with E-state index in [-0.39, 0.29) is 23.1 Å². The predicted molar refractivity (Wildman–Crippen MR) is 64.2 cm³/mol. The van der Waals surface area contributed by atoms with E-state index in [9.17, 15) is 13.9 Å². The van der Waals surface area contributed by atoms with Crippen molar-refractivity contribution in [3.05, 3.63) is 34.9 Å². The number of halogens is 2. The Labute approximate surface area is 106 Å². The van der Waals surface area contributed by atoms with Crippen molar-refractivity contribution in [1.82, 2.24) is 0 Å². The lowest BCUT2D eigenvalue weighted by Gasteiger charge is -2.23. The van der Waals surface area contributed by atoms with E-state index in [2.05, 4.69) is 0 Å². The molecule has 4 heteroatoms. The SMILES string of the molecule is CCC1OCCC1C(O)c1cc(F)c(C)cc1F. The third kappa shape index (κ3) is 2.40. The standard InChI is InChI=1S/C14H18F2O2/c1-3-13-9(4-5-18-13)14(17)10-7-11(15)8(2)6-12(10)16/h6-7,9,13-14,17H,3-5H2,1-2H3. The van der Waals surface area contributed by atoms with Crippen LogP contribution in [-0.2, 0) is 4.74 Å². The fraction of sp³-hybridized carbons (Fsp3) is 0.571. The molecule has 3 atom stereocenters. The topological polar surface area (TPSA) is 29.5 Å². The first-order valence-corrected chi connectivity index (χ1v) is 6.29. The van der Waals surface area contributed by atoms with Gasteiger partial charge in [-0.15, -0.1) is 0 Å². The summed E-state index contributed by atoms with van der Waals surface area (Å²) < 4.78 is 32.7. The number of aliphatic hydroxyl groups is 1. The van der Waals surface area contributed by atoms with Crippen molar-refractivity contribution in [2.75, 3.05) is 6.61 Å². The first-order chi connectivity index (χ1) is 8.54. The average molecular weight is 256 g/mol. The minimum absolute atomic E-state index is 0.0343. The third-order valence-corrected chi connectivity index (χ3v) is 3.67. The van der Waals surface area contributed by atoms with Gasteiger partial charge in [-0.2, -0.15) is 0 Å². The van der Waals surface area contributed by atoms with Crippen LogP contribution in [0.25, 0.3) is 0 Å². The summed E-state index contributed by atoms with van der Waals surface area (Å²) in [7, 11) is 0. The summed E-state index contributed by atoms with van der Waals surface area (Å²) in [4.78, 5) is 0. The molecule has 1 aliphatic rings. The van der Waals surface area contributed by atoms with Crippen molar-refractivity contribution < 1.29 is 18.6 Å². The van der Waals surface area contributed by atoms with Gasteiger partial charge >= 0.3 is 0 Å². The molecule has 1 aromatic carbocycles. The smallest absolute Gasteiger partial charge is 0.129 e. The van der Waals surface area contributed by atoms with E-state index in [0.717, 1.165) is 18.6 Å². The molecule has 3 unspecified atom stereocenters. The largest absolute Gasteiger partial charge is 0.388 e. The molecule has 1 fully saturated rings. The zero-order valence-corrected chi connectivity index (χ0v) is 10.6. The fourth-order valence-electron chi connectivity index (χ4n) is 2.57. The van der Waals surface area contributed by atoms with Gasteiger partial charge < -0.3 is 9.84 Å². The molecular formula is C14H18F2O2. The van der Waals surface area contributed by atoms with Gasteiger partial charge in [0.2, 0.25) is 0 Å². The molecule has 0 aliphatic carbocycles. The van der Waals surface area contributed by atoms with Gasteiger partial charge in [0.25, 0.3) is 0 Å². The van der Waals surface area contributed by atoms with Gasteiger partial charge in [0, 0.05) is 18.1 Å². The summed E-state index contributed by atoms with van der Waals surface area (Å²) in [5.41, 5.74) is 0.283. The highest BCUT2D eigenvalue weighted by Gasteiger charge is 2.34. The molecule has 1 saturated heterocycles. The Morgan fingerprint density at radius 3 is 2.78 bits per heavy atom. The molecule has 18 heavy (non-hydrogen) atoms. The van der Waals surface area contributed by atoms with Gasteiger partial charge in [-0.25, -0.2) is 8.78 Å². The second kappa shape index (κ2) is 5.33. The number of rotatable bonds is 3. The Balaban J connectivity index is 2.28. The summed E-state index contributed by atoms with van der Waals surface area (Å²) in [5.74, 6) is -1.20. The van der Waals surface area contributed by atoms with Crippen LogP contribution < -0.4 is 0 Å². The van der Waals surface area contributed by atoms with Gasteiger partial charge in [0.05, 0.1) is 12.2 Å². The monoisotopic (exact) mass is 256 g/mol. The Morgan fingerprint density at radius 1 is 1.39 bits per heavy atom. The molecule has 2 rings (SSSR count). The van der Waals surface area contributed by atoms with Crippen LogP contribution in [0.5, 0.6) is 0 Å². The predicted octanol–water partition coefficient (Wildman–Crippen LogP) is 3.12. The number of hydrogen-bond acceptors (Lipinski definition) is 2. The van der Waals surface area contributed by atoms with Crippen LogP contribution in [0.2, 0.25) is 0 Å². The number of hydrogen-bond donors (Lipinski definition) is 1. The van der Waals surface area contributed by atoms with E-state index in [1.54, 1.807) is 0 Å². The van der Waals surface area contributed by atoms with Crippen molar-refractivity contribution in [2.24, 2.45) is 5.92 Å². The molecule has 1 aliphatic heterocycles. The number of aryl methyl sites for hydroxylation is 1. The van der Waals surface area contributed by atoms with E-state index in [1.165, 1.54) is 6.92 Å². The van der Waals surface area contributed by atoms with Gasteiger partial charge in [-0.1, -0.05) is 6.92 Å². The average Bonchev–Trinajstić information content (AvgIpc) is 2.81. The fourth-order valence-corrected chi connectivity index (χ4v) is 2.57. The minimum atomic E-state index is -1.01. The molecule has 0 bridgehead atoms. The summed E-state index contributed by atoms with van der Waals surface area (Å²) in [5, 5.41) is 10.2. The Bertz CT molecular complexity index is 434. The molecule has 0 aromatic heterocycles. The molecule has 0 saturated carbocycles. The van der Waals surface area contributed by atoms with Crippen molar-refractivity contribution in [1.29, 1.82) is 0 Å². The third-order valence-electron chi connectivity index (χ3n) is 3.67. The van der Waals surface area contributed by atoms with Crippen molar-refractivity contribution >= 4 is 0 Å². The van der Waals surface area contributed by atoms with Crippen LogP contribution in [0.3, 0.4) is 0 Å². The zero-order chi connectivity index (χ0) is 13.3. The lowest BCUT2D eigenvalue weighted by Crippen LogP contribution is -2.23. The molecule has 0 spiro atoms. The van der Waals surface area contributed by atoms with Crippen LogP contribution in [0.15, 0.2) is 12.1 Å². The van der Waals surface area contributed by atoms with Crippen LogP contribution in [0, 0.1) is 24.5 Å². The summed E-state index contributed by atoms with van der Waals surface area (Å²) in [6, 6.07) is 2.23. The molecular weight excluding hydrogens is 238 g/mol. The molecule has 0 amide bonds. The highest BCUT2D eigenvalue weighted by atomic mass is 19.1. The van der Waals surface area contributed by atoms with Gasteiger partial charge in [0.1, 0.15) is 11.6 Å². The van der Waals surface area contributed by atoms with Crippen LogP contribution in [0.4, 0.5) is 8.78 Å². The van der Waals surface area contributed by atoms with Crippen LogP contribution in [-0.4, -0.2) is 17.8 Å². The number of aliphatic hydroxyl groups excluding tert-OH is 1. The maximum absolute atomic E-state index is 13.8. The lowest BCUT2D eigenvalue weighted by molar-refractivity contribution is 0.0291. The van der Waals surface area contributed by atoms with Crippen LogP contribution >= 0.6 is 0 Å². The first-order valence-electron chi connectivity index (χ1n) is 6.29. The van der Waals surface area contributed by atoms with E-state index >= 15 is 0 Å². The normalized spacial score (nSPS) is 25.4. The zero-order valence-electron chi connectivity index (χ0n) is 10.6. The van der Waals surface area contributed by atoms with E-state index in [1.807, 2.05) is 6.92 Å². The number of benzene rings is 1. The van der Waals surface area contributed by atoms with Crippen molar-refractivity contribution in [3.63, 3.8) is 0 Å². The summed E-state index contributed by atoms with van der Waals surface area (Å²) in [6.45, 7) is 4.03. The molecule has 100 valence electrons. The highest BCUT2D eigenvalue weighted by Crippen LogP contribution is 2.36. The maximum Gasteiger partial charge on any atom is 0.129 e. The summed E-state index contributed by atoms with van der Waals surface area (Å²) in [6.07, 6.45) is 0.350. The summed E-state index contributed by atoms with van der Waals surface area (Å²) >= 11 is 0. The van der Waals surface area contributed by atoms with Gasteiger partial charge in [-0.3, -0.25) is 0 Å².